The lowest BCUT2D eigenvalue weighted by molar-refractivity contribution is -0.138. The number of carbonyl (C=O) groups is 1. The van der Waals surface area contributed by atoms with Gasteiger partial charge in [0.25, 0.3) is 0 Å². The van der Waals surface area contributed by atoms with E-state index in [1.165, 1.54) is 4.68 Å². The first-order valence-electron chi connectivity index (χ1n) is 3.09. The molecule has 0 bridgehead atoms. The van der Waals surface area contributed by atoms with Gasteiger partial charge in [0.05, 0.1) is 5.69 Å². The number of nitrogens with two attached hydrogens (primary N) is 1. The van der Waals surface area contributed by atoms with E-state index in [9.17, 15) is 4.79 Å². The van der Waals surface area contributed by atoms with Gasteiger partial charge < -0.3 is 10.8 Å². The maximum Gasteiger partial charge on any atom is 0.326 e. The molecule has 0 aliphatic rings. The highest BCUT2D eigenvalue weighted by Crippen LogP contribution is 2.05. The quantitative estimate of drug-likeness (QED) is 0.603. The number of rotatable bonds is 2. The van der Waals surface area contributed by atoms with Crippen LogP contribution in [-0.2, 0) is 11.8 Å². The summed E-state index contributed by atoms with van der Waals surface area (Å²) in [6.45, 7) is 0. The van der Waals surface area contributed by atoms with Gasteiger partial charge in [0.1, 0.15) is 6.04 Å². The number of hydrogen-bond acceptors (Lipinski definition) is 3. The molecule has 0 radical (unpaired) electrons. The fourth-order valence-electron chi connectivity index (χ4n) is 0.725. The van der Waals surface area contributed by atoms with Gasteiger partial charge in [-0.3, -0.25) is 9.48 Å². The molecule has 5 nitrogen and oxygen atoms in total. The molecule has 0 aliphatic carbocycles. The molecular weight excluding hydrogens is 146 g/mol. The van der Waals surface area contributed by atoms with Crippen LogP contribution in [-0.4, -0.2) is 20.9 Å². The molecule has 1 aromatic rings. The van der Waals surface area contributed by atoms with E-state index in [1.807, 2.05) is 0 Å². The van der Waals surface area contributed by atoms with Crippen LogP contribution in [0.4, 0.5) is 0 Å². The third kappa shape index (κ3) is 1.56. The summed E-state index contributed by atoms with van der Waals surface area (Å²) in [4.78, 5) is 10.3. The number of carboxylic acids is 1. The molecule has 0 saturated carbocycles. The van der Waals surface area contributed by atoms with Crippen LogP contribution >= 0.6 is 0 Å². The Bertz CT molecular complexity index is 269. The van der Waals surface area contributed by atoms with Gasteiger partial charge >= 0.3 is 5.97 Å². The van der Waals surface area contributed by atoms with Crippen LogP contribution in [0.15, 0.2) is 12.3 Å². The molecule has 0 spiro atoms. The highest BCUT2D eigenvalue weighted by Gasteiger charge is 2.15. The fraction of sp³-hybridized carbons (Fsp3) is 0.333. The molecule has 60 valence electrons. The lowest BCUT2D eigenvalue weighted by Crippen LogP contribution is -2.21. The summed E-state index contributed by atoms with van der Waals surface area (Å²) < 4.78 is 1.51. The van der Waals surface area contributed by atoms with E-state index in [0.717, 1.165) is 0 Å². The van der Waals surface area contributed by atoms with Crippen LogP contribution < -0.4 is 5.73 Å². The molecule has 1 rings (SSSR count). The zero-order valence-corrected chi connectivity index (χ0v) is 6.06. The van der Waals surface area contributed by atoms with Gasteiger partial charge in [0.2, 0.25) is 0 Å². The molecule has 0 aliphatic heterocycles. The van der Waals surface area contributed by atoms with E-state index in [1.54, 1.807) is 19.3 Å². The first kappa shape index (κ1) is 7.74. The van der Waals surface area contributed by atoms with Gasteiger partial charge in [-0.1, -0.05) is 0 Å². The van der Waals surface area contributed by atoms with Crippen molar-refractivity contribution in [2.45, 2.75) is 6.04 Å². The summed E-state index contributed by atoms with van der Waals surface area (Å²) in [5.41, 5.74) is 5.65. The van der Waals surface area contributed by atoms with Gasteiger partial charge in [0.15, 0.2) is 0 Å². The highest BCUT2D eigenvalue weighted by atomic mass is 16.4. The summed E-state index contributed by atoms with van der Waals surface area (Å²) in [6, 6.07) is 0.565. The van der Waals surface area contributed by atoms with Crippen molar-refractivity contribution in [2.24, 2.45) is 12.8 Å². The Morgan fingerprint density at radius 1 is 1.91 bits per heavy atom. The first-order chi connectivity index (χ1) is 5.11. The average molecular weight is 155 g/mol. The zero-order valence-electron chi connectivity index (χ0n) is 6.06. The van der Waals surface area contributed by atoms with Gasteiger partial charge in [0, 0.05) is 13.2 Å². The predicted octanol–water partition coefficient (Wildman–Crippen LogP) is -0.496. The summed E-state index contributed by atoms with van der Waals surface area (Å²) in [7, 11) is 1.71. The Labute approximate surface area is 63.4 Å². The summed E-state index contributed by atoms with van der Waals surface area (Å²) >= 11 is 0. The minimum absolute atomic E-state index is 0.375. The second-order valence-corrected chi connectivity index (χ2v) is 2.23. The number of carboxylic acid groups (broad SMARTS) is 1. The molecule has 5 heteroatoms. The summed E-state index contributed by atoms with van der Waals surface area (Å²) in [5, 5.41) is 12.3. The molecule has 0 aromatic carbocycles. The average Bonchev–Trinajstić information content (AvgIpc) is 2.34. The number of aliphatic carboxylic acids is 1. The second-order valence-electron chi connectivity index (χ2n) is 2.23. The molecular formula is C6H9N3O2. The summed E-state index contributed by atoms with van der Waals surface area (Å²) in [5.74, 6) is -1.07. The predicted molar refractivity (Wildman–Crippen MR) is 37.8 cm³/mol. The van der Waals surface area contributed by atoms with Crippen molar-refractivity contribution in [3.05, 3.63) is 18.0 Å². The zero-order chi connectivity index (χ0) is 8.43. The molecule has 0 unspecified atom stereocenters. The van der Waals surface area contributed by atoms with Crippen molar-refractivity contribution in [3.63, 3.8) is 0 Å². The summed E-state index contributed by atoms with van der Waals surface area (Å²) in [6.07, 6.45) is 1.65. The highest BCUT2D eigenvalue weighted by molar-refractivity contribution is 5.74. The van der Waals surface area contributed by atoms with E-state index in [4.69, 9.17) is 10.8 Å². The normalized spacial score (nSPS) is 12.9. The fourth-order valence-corrected chi connectivity index (χ4v) is 0.725. The second kappa shape index (κ2) is 2.71. The van der Waals surface area contributed by atoms with Crippen molar-refractivity contribution >= 4 is 5.97 Å². The van der Waals surface area contributed by atoms with E-state index in [0.29, 0.717) is 5.69 Å². The Balaban J connectivity index is 2.84. The monoisotopic (exact) mass is 155 g/mol. The Kier molecular flexibility index (Phi) is 1.91. The third-order valence-corrected chi connectivity index (χ3v) is 1.32. The van der Waals surface area contributed by atoms with E-state index in [-0.39, 0.29) is 0 Å². The SMILES string of the molecule is Cn1ccc([C@H](N)C(=O)O)n1. The lowest BCUT2D eigenvalue weighted by Gasteiger charge is -1.99. The number of hydrogen-bond donors (Lipinski definition) is 2. The van der Waals surface area contributed by atoms with Crippen LogP contribution in [0, 0.1) is 0 Å². The Hall–Kier alpha value is -1.36. The first-order valence-corrected chi connectivity index (χ1v) is 3.09. The van der Waals surface area contributed by atoms with Crippen molar-refractivity contribution in [1.82, 2.24) is 9.78 Å². The molecule has 1 aromatic heterocycles. The van der Waals surface area contributed by atoms with Crippen molar-refractivity contribution in [2.75, 3.05) is 0 Å². The minimum atomic E-state index is -1.07. The Morgan fingerprint density at radius 2 is 2.55 bits per heavy atom. The number of aromatic nitrogens is 2. The van der Waals surface area contributed by atoms with Crippen molar-refractivity contribution < 1.29 is 9.90 Å². The third-order valence-electron chi connectivity index (χ3n) is 1.32. The maximum atomic E-state index is 10.3. The molecule has 0 saturated heterocycles. The molecule has 3 N–H and O–H groups in total. The standard InChI is InChI=1S/C6H9N3O2/c1-9-3-2-4(8-9)5(7)6(10)11/h2-3,5H,7H2,1H3,(H,10,11)/t5-/m0/s1. The Morgan fingerprint density at radius 3 is 2.91 bits per heavy atom. The van der Waals surface area contributed by atoms with Crippen LogP contribution in [0.1, 0.15) is 11.7 Å². The molecule has 11 heavy (non-hydrogen) atoms. The van der Waals surface area contributed by atoms with Gasteiger partial charge in [-0.15, -0.1) is 0 Å². The van der Waals surface area contributed by atoms with Crippen LogP contribution in [0.3, 0.4) is 0 Å². The van der Waals surface area contributed by atoms with Crippen LogP contribution in [0.5, 0.6) is 0 Å². The lowest BCUT2D eigenvalue weighted by atomic mass is 10.2. The number of nitrogens with zero attached hydrogens (tertiary/aromatic N) is 2. The van der Waals surface area contributed by atoms with Crippen molar-refractivity contribution in [1.29, 1.82) is 0 Å². The molecule has 1 atom stereocenters. The minimum Gasteiger partial charge on any atom is -0.480 e. The largest absolute Gasteiger partial charge is 0.480 e. The van der Waals surface area contributed by atoms with E-state index >= 15 is 0 Å². The van der Waals surface area contributed by atoms with Gasteiger partial charge in [-0.05, 0) is 6.07 Å². The van der Waals surface area contributed by atoms with E-state index < -0.39 is 12.0 Å². The van der Waals surface area contributed by atoms with Gasteiger partial charge in [-0.25, -0.2) is 0 Å². The maximum absolute atomic E-state index is 10.3. The number of aryl methyl sites for hydroxylation is 1. The van der Waals surface area contributed by atoms with Crippen molar-refractivity contribution in [3.8, 4) is 0 Å². The van der Waals surface area contributed by atoms with Crippen LogP contribution in [0.25, 0.3) is 0 Å². The smallest absolute Gasteiger partial charge is 0.326 e. The molecule has 0 fully saturated rings. The topological polar surface area (TPSA) is 81.1 Å². The molecule has 0 amide bonds. The molecule has 1 heterocycles. The van der Waals surface area contributed by atoms with E-state index in [2.05, 4.69) is 5.10 Å². The van der Waals surface area contributed by atoms with Gasteiger partial charge in [-0.2, -0.15) is 5.10 Å². The van der Waals surface area contributed by atoms with Crippen LogP contribution in [0.2, 0.25) is 0 Å².